The zero-order chi connectivity index (χ0) is 19.2. The van der Waals surface area contributed by atoms with E-state index in [0.717, 1.165) is 31.5 Å². The van der Waals surface area contributed by atoms with Crippen molar-refractivity contribution >= 4 is 17.6 Å². The second kappa shape index (κ2) is 8.43. The van der Waals surface area contributed by atoms with Gasteiger partial charge in [0.25, 0.3) is 5.91 Å². The molecule has 1 atom stereocenters. The Balaban J connectivity index is 1.58. The Kier molecular flexibility index (Phi) is 5.79. The fourth-order valence-corrected chi connectivity index (χ4v) is 3.17. The van der Waals surface area contributed by atoms with E-state index in [1.54, 1.807) is 24.3 Å². The molecule has 27 heavy (non-hydrogen) atoms. The molecular formula is C20H21N5O2. The van der Waals surface area contributed by atoms with Gasteiger partial charge in [-0.05, 0) is 49.2 Å². The van der Waals surface area contributed by atoms with Crippen molar-refractivity contribution < 1.29 is 9.59 Å². The van der Waals surface area contributed by atoms with E-state index in [2.05, 4.69) is 15.2 Å². The molecule has 0 saturated carbocycles. The molecule has 1 aromatic carbocycles. The summed E-state index contributed by atoms with van der Waals surface area (Å²) in [5, 5.41) is 11.5. The number of nitrogens with two attached hydrogens (primary N) is 1. The molecule has 3 N–H and O–H groups in total. The van der Waals surface area contributed by atoms with Gasteiger partial charge in [-0.3, -0.25) is 14.5 Å². The van der Waals surface area contributed by atoms with Crippen LogP contribution in [0.1, 0.15) is 34.3 Å². The van der Waals surface area contributed by atoms with Crippen LogP contribution in [0.15, 0.2) is 42.6 Å². The number of aromatic nitrogens is 1. The number of carbonyl (C=O) groups is 2. The molecule has 2 amide bonds. The maximum atomic E-state index is 12.3. The average molecular weight is 363 g/mol. The second-order valence-corrected chi connectivity index (χ2v) is 6.67. The summed E-state index contributed by atoms with van der Waals surface area (Å²) in [4.78, 5) is 29.9. The second-order valence-electron chi connectivity index (χ2n) is 6.67. The Labute approximate surface area is 157 Å². The highest BCUT2D eigenvalue weighted by Gasteiger charge is 2.23. The third kappa shape index (κ3) is 4.90. The van der Waals surface area contributed by atoms with Crippen LogP contribution < -0.4 is 11.1 Å². The topological polar surface area (TPSA) is 112 Å². The number of benzene rings is 1. The van der Waals surface area contributed by atoms with Crippen molar-refractivity contribution in [3.63, 3.8) is 0 Å². The highest BCUT2D eigenvalue weighted by Crippen LogP contribution is 2.18. The molecule has 1 saturated heterocycles. The molecule has 2 aromatic rings. The van der Waals surface area contributed by atoms with Crippen LogP contribution in [-0.2, 0) is 11.3 Å². The summed E-state index contributed by atoms with van der Waals surface area (Å²) in [6.07, 6.45) is 3.23. The zero-order valence-corrected chi connectivity index (χ0v) is 14.9. The Bertz CT molecular complexity index is 855. The average Bonchev–Trinajstić information content (AvgIpc) is 2.69. The SMILES string of the molecule is N#Cc1ccc(NC(=O)c2ccc(CN3CCCC(C(N)=O)C3)cc2)nc1. The van der Waals surface area contributed by atoms with Gasteiger partial charge in [0, 0.05) is 24.8 Å². The summed E-state index contributed by atoms with van der Waals surface area (Å²) in [6.45, 7) is 2.35. The first-order valence-corrected chi connectivity index (χ1v) is 8.83. The minimum atomic E-state index is -0.259. The maximum Gasteiger partial charge on any atom is 0.256 e. The van der Waals surface area contributed by atoms with E-state index in [-0.39, 0.29) is 17.7 Å². The lowest BCUT2D eigenvalue weighted by atomic mass is 9.97. The molecule has 7 nitrogen and oxygen atoms in total. The summed E-state index contributed by atoms with van der Waals surface area (Å²) in [5.41, 5.74) is 7.47. The zero-order valence-electron chi connectivity index (χ0n) is 14.9. The first kappa shape index (κ1) is 18.5. The monoisotopic (exact) mass is 363 g/mol. The first-order valence-electron chi connectivity index (χ1n) is 8.83. The Morgan fingerprint density at radius 3 is 2.67 bits per heavy atom. The van der Waals surface area contributed by atoms with Crippen LogP contribution in [0.25, 0.3) is 0 Å². The quantitative estimate of drug-likeness (QED) is 0.842. The van der Waals surface area contributed by atoms with Gasteiger partial charge < -0.3 is 11.1 Å². The van der Waals surface area contributed by atoms with Gasteiger partial charge in [-0.15, -0.1) is 0 Å². The number of carbonyl (C=O) groups excluding carboxylic acids is 2. The molecule has 0 spiro atoms. The summed E-state index contributed by atoms with van der Waals surface area (Å²) < 4.78 is 0. The van der Waals surface area contributed by atoms with Crippen molar-refractivity contribution in [1.29, 1.82) is 5.26 Å². The van der Waals surface area contributed by atoms with E-state index in [9.17, 15) is 9.59 Å². The van der Waals surface area contributed by atoms with Gasteiger partial charge in [0.2, 0.25) is 5.91 Å². The highest BCUT2D eigenvalue weighted by molar-refractivity contribution is 6.03. The van der Waals surface area contributed by atoms with Crippen molar-refractivity contribution in [2.75, 3.05) is 18.4 Å². The molecule has 1 aliphatic rings. The number of nitrogens with one attached hydrogen (secondary N) is 1. The number of hydrogen-bond acceptors (Lipinski definition) is 5. The molecule has 0 aliphatic carbocycles. The standard InChI is InChI=1S/C20H21N5O2/c21-10-15-5-8-18(23-11-15)24-20(27)16-6-3-14(4-7-16)12-25-9-1-2-17(13-25)19(22)26/h3-8,11,17H,1-2,9,12-13H2,(H2,22,26)(H,23,24,27). The molecule has 3 rings (SSSR count). The molecule has 1 aromatic heterocycles. The van der Waals surface area contributed by atoms with E-state index < -0.39 is 0 Å². The molecule has 1 aliphatic heterocycles. The van der Waals surface area contributed by atoms with Crippen LogP contribution in [0.4, 0.5) is 5.82 Å². The summed E-state index contributed by atoms with van der Waals surface area (Å²) in [7, 11) is 0. The minimum absolute atomic E-state index is 0.0799. The van der Waals surface area contributed by atoms with Gasteiger partial charge in [-0.25, -0.2) is 4.98 Å². The van der Waals surface area contributed by atoms with Gasteiger partial charge in [0.1, 0.15) is 11.9 Å². The van der Waals surface area contributed by atoms with E-state index in [1.807, 2.05) is 18.2 Å². The van der Waals surface area contributed by atoms with Crippen molar-refractivity contribution in [2.45, 2.75) is 19.4 Å². The normalized spacial score (nSPS) is 17.1. The number of piperidine rings is 1. The summed E-state index contributed by atoms with van der Waals surface area (Å²) >= 11 is 0. The van der Waals surface area contributed by atoms with Crippen molar-refractivity contribution in [2.24, 2.45) is 11.7 Å². The minimum Gasteiger partial charge on any atom is -0.369 e. The number of amides is 2. The molecule has 0 radical (unpaired) electrons. The third-order valence-electron chi connectivity index (χ3n) is 4.66. The number of anilines is 1. The highest BCUT2D eigenvalue weighted by atomic mass is 16.2. The fraction of sp³-hybridized carbons (Fsp3) is 0.300. The number of nitrogens with zero attached hydrogens (tertiary/aromatic N) is 3. The summed E-state index contributed by atoms with van der Waals surface area (Å²) in [5.74, 6) is -0.175. The Morgan fingerprint density at radius 2 is 2.04 bits per heavy atom. The van der Waals surface area contributed by atoms with E-state index in [4.69, 9.17) is 11.0 Å². The van der Waals surface area contributed by atoms with Gasteiger partial charge in [-0.2, -0.15) is 5.26 Å². The number of pyridine rings is 1. The summed E-state index contributed by atoms with van der Waals surface area (Å²) in [6, 6.07) is 12.5. The third-order valence-corrected chi connectivity index (χ3v) is 4.66. The molecule has 0 bridgehead atoms. The fourth-order valence-electron chi connectivity index (χ4n) is 3.17. The number of likely N-dealkylation sites (tertiary alicyclic amines) is 1. The van der Waals surface area contributed by atoms with Gasteiger partial charge in [0.15, 0.2) is 0 Å². The largest absolute Gasteiger partial charge is 0.369 e. The lowest BCUT2D eigenvalue weighted by molar-refractivity contribution is -0.123. The van der Waals surface area contributed by atoms with Crippen molar-refractivity contribution in [3.8, 4) is 6.07 Å². The van der Waals surface area contributed by atoms with Gasteiger partial charge >= 0.3 is 0 Å². The van der Waals surface area contributed by atoms with Crippen LogP contribution in [0, 0.1) is 17.2 Å². The van der Waals surface area contributed by atoms with E-state index >= 15 is 0 Å². The number of primary amides is 1. The molecule has 138 valence electrons. The van der Waals surface area contributed by atoms with Crippen LogP contribution in [0.5, 0.6) is 0 Å². The Hall–Kier alpha value is -3.24. The molecule has 1 unspecified atom stereocenters. The predicted molar refractivity (Wildman–Crippen MR) is 101 cm³/mol. The Morgan fingerprint density at radius 1 is 1.26 bits per heavy atom. The molecule has 1 fully saturated rings. The van der Waals surface area contributed by atoms with Crippen LogP contribution in [-0.4, -0.2) is 34.8 Å². The number of nitriles is 1. The smallest absolute Gasteiger partial charge is 0.256 e. The molecule has 2 heterocycles. The predicted octanol–water partition coefficient (Wildman–Crippen LogP) is 1.90. The maximum absolute atomic E-state index is 12.3. The van der Waals surface area contributed by atoms with Crippen LogP contribution >= 0.6 is 0 Å². The molecule has 7 heteroatoms. The van der Waals surface area contributed by atoms with Gasteiger partial charge in [0.05, 0.1) is 11.5 Å². The molecular weight excluding hydrogens is 342 g/mol. The van der Waals surface area contributed by atoms with E-state index in [1.165, 1.54) is 6.20 Å². The van der Waals surface area contributed by atoms with Crippen molar-refractivity contribution in [3.05, 3.63) is 59.3 Å². The lowest BCUT2D eigenvalue weighted by Crippen LogP contribution is -2.40. The van der Waals surface area contributed by atoms with Gasteiger partial charge in [-0.1, -0.05) is 12.1 Å². The van der Waals surface area contributed by atoms with Crippen LogP contribution in [0.3, 0.4) is 0 Å². The number of hydrogen-bond donors (Lipinski definition) is 2. The van der Waals surface area contributed by atoms with Crippen LogP contribution in [0.2, 0.25) is 0 Å². The lowest BCUT2D eigenvalue weighted by Gasteiger charge is -2.31. The first-order chi connectivity index (χ1) is 13.0. The van der Waals surface area contributed by atoms with E-state index in [0.29, 0.717) is 23.5 Å². The number of rotatable bonds is 5. The van der Waals surface area contributed by atoms with Crippen molar-refractivity contribution in [1.82, 2.24) is 9.88 Å².